The molecule has 5 nitrogen and oxygen atoms in total. The summed E-state index contributed by atoms with van der Waals surface area (Å²) in [5.74, 6) is 1.04. The lowest BCUT2D eigenvalue weighted by atomic mass is 9.85. The third-order valence-electron chi connectivity index (χ3n) is 5.33. The van der Waals surface area contributed by atoms with Crippen molar-refractivity contribution in [2.75, 3.05) is 32.8 Å². The predicted molar refractivity (Wildman–Crippen MR) is 114 cm³/mol. The molecule has 0 radical (unpaired) electrons. The van der Waals surface area contributed by atoms with Crippen LogP contribution in [0.4, 0.5) is 0 Å². The van der Waals surface area contributed by atoms with E-state index >= 15 is 0 Å². The molecule has 0 spiro atoms. The Morgan fingerprint density at radius 1 is 1.19 bits per heavy atom. The largest absolute Gasteiger partial charge is 0.378 e. The molecular formula is C20H33Cl2N3O2. The molecule has 154 valence electrons. The number of hydrogen-bond donors (Lipinski definition) is 2. The van der Waals surface area contributed by atoms with Crippen molar-refractivity contribution in [3.8, 4) is 0 Å². The Bertz CT molecular complexity index is 543. The highest BCUT2D eigenvalue weighted by Gasteiger charge is 2.33. The van der Waals surface area contributed by atoms with Crippen LogP contribution in [0.15, 0.2) is 30.3 Å². The SMILES string of the molecule is CC1CN(Cc2ccccc2)CC(C)C1NC(=O)CC1COCCN1.Cl.Cl. The lowest BCUT2D eigenvalue weighted by molar-refractivity contribution is -0.124. The van der Waals surface area contributed by atoms with Gasteiger partial charge in [0.2, 0.25) is 5.91 Å². The van der Waals surface area contributed by atoms with Crippen molar-refractivity contribution in [3.63, 3.8) is 0 Å². The van der Waals surface area contributed by atoms with E-state index in [0.29, 0.717) is 24.9 Å². The number of benzene rings is 1. The maximum atomic E-state index is 12.4. The van der Waals surface area contributed by atoms with Crippen molar-refractivity contribution < 1.29 is 9.53 Å². The molecule has 27 heavy (non-hydrogen) atoms. The maximum Gasteiger partial charge on any atom is 0.221 e. The van der Waals surface area contributed by atoms with Gasteiger partial charge in [0.1, 0.15) is 0 Å². The molecule has 0 aromatic heterocycles. The summed E-state index contributed by atoms with van der Waals surface area (Å²) in [6, 6.07) is 11.0. The monoisotopic (exact) mass is 417 g/mol. The maximum absolute atomic E-state index is 12.4. The highest BCUT2D eigenvalue weighted by molar-refractivity contribution is 5.85. The van der Waals surface area contributed by atoms with Crippen LogP contribution in [-0.4, -0.2) is 55.7 Å². The van der Waals surface area contributed by atoms with E-state index in [4.69, 9.17) is 4.74 Å². The van der Waals surface area contributed by atoms with Crippen molar-refractivity contribution in [3.05, 3.63) is 35.9 Å². The first-order chi connectivity index (χ1) is 12.1. The van der Waals surface area contributed by atoms with Crippen LogP contribution in [0.2, 0.25) is 0 Å². The van der Waals surface area contributed by atoms with Crippen molar-refractivity contribution in [1.29, 1.82) is 0 Å². The van der Waals surface area contributed by atoms with Gasteiger partial charge in [-0.1, -0.05) is 44.2 Å². The number of nitrogens with one attached hydrogen (secondary N) is 2. The fourth-order valence-corrected chi connectivity index (χ4v) is 4.15. The summed E-state index contributed by atoms with van der Waals surface area (Å²) in [7, 11) is 0. The Hall–Kier alpha value is -0.850. The molecule has 2 heterocycles. The number of carbonyl (C=O) groups excluding carboxylic acids is 1. The second-order valence-electron chi connectivity index (χ2n) is 7.66. The Kier molecular flexibility index (Phi) is 10.6. The summed E-state index contributed by atoms with van der Waals surface area (Å²) >= 11 is 0. The van der Waals surface area contributed by atoms with Gasteiger partial charge in [0.05, 0.1) is 13.2 Å². The molecule has 1 aromatic rings. The molecule has 3 unspecified atom stereocenters. The van der Waals surface area contributed by atoms with Gasteiger partial charge >= 0.3 is 0 Å². The lowest BCUT2D eigenvalue weighted by Crippen LogP contribution is -2.55. The van der Waals surface area contributed by atoms with Gasteiger partial charge in [0.15, 0.2) is 0 Å². The van der Waals surface area contributed by atoms with Crippen LogP contribution < -0.4 is 10.6 Å². The second-order valence-corrected chi connectivity index (χ2v) is 7.66. The fourth-order valence-electron chi connectivity index (χ4n) is 4.15. The molecule has 0 saturated carbocycles. The topological polar surface area (TPSA) is 53.6 Å². The molecule has 2 aliphatic rings. The summed E-state index contributed by atoms with van der Waals surface area (Å²) in [5.41, 5.74) is 1.35. The van der Waals surface area contributed by atoms with E-state index < -0.39 is 0 Å². The first kappa shape index (κ1) is 24.2. The molecule has 0 aliphatic carbocycles. The fraction of sp³-hybridized carbons (Fsp3) is 0.650. The van der Waals surface area contributed by atoms with Crippen LogP contribution in [0.1, 0.15) is 25.8 Å². The molecule has 7 heteroatoms. The van der Waals surface area contributed by atoms with Crippen LogP contribution in [-0.2, 0) is 16.1 Å². The second kappa shape index (κ2) is 11.9. The van der Waals surface area contributed by atoms with Gasteiger partial charge < -0.3 is 15.4 Å². The molecular weight excluding hydrogens is 385 g/mol. The number of carbonyl (C=O) groups is 1. The number of hydrogen-bond acceptors (Lipinski definition) is 4. The summed E-state index contributed by atoms with van der Waals surface area (Å²) in [6.45, 7) is 9.74. The zero-order valence-electron chi connectivity index (χ0n) is 16.2. The third kappa shape index (κ3) is 7.24. The molecule has 0 bridgehead atoms. The Morgan fingerprint density at radius 2 is 1.85 bits per heavy atom. The molecule has 2 fully saturated rings. The standard InChI is InChI=1S/C20H31N3O2.2ClH/c1-15-11-23(13-17-6-4-3-5-7-17)12-16(2)20(15)22-19(24)10-18-14-25-9-8-21-18;;/h3-7,15-16,18,20-21H,8-14H2,1-2H3,(H,22,24);2*1H. The molecule has 3 atom stereocenters. The first-order valence-electron chi connectivity index (χ1n) is 9.48. The zero-order valence-corrected chi connectivity index (χ0v) is 17.9. The van der Waals surface area contributed by atoms with Gasteiger partial charge in [-0.15, -0.1) is 24.8 Å². The average Bonchev–Trinajstić information content (AvgIpc) is 2.60. The van der Waals surface area contributed by atoms with Crippen LogP contribution in [0.25, 0.3) is 0 Å². The van der Waals surface area contributed by atoms with Gasteiger partial charge in [-0.05, 0) is 17.4 Å². The smallest absolute Gasteiger partial charge is 0.221 e. The van der Waals surface area contributed by atoms with Crippen LogP contribution >= 0.6 is 24.8 Å². The normalized spacial score (nSPS) is 28.5. The Morgan fingerprint density at radius 3 is 2.44 bits per heavy atom. The van der Waals surface area contributed by atoms with Crippen molar-refractivity contribution in [2.24, 2.45) is 11.8 Å². The summed E-state index contributed by atoms with van der Waals surface area (Å²) in [6.07, 6.45) is 0.504. The number of likely N-dealkylation sites (tertiary alicyclic amines) is 1. The van der Waals surface area contributed by atoms with E-state index in [1.54, 1.807) is 0 Å². The average molecular weight is 418 g/mol. The third-order valence-corrected chi connectivity index (χ3v) is 5.33. The van der Waals surface area contributed by atoms with Crippen molar-refractivity contribution >= 4 is 30.7 Å². The van der Waals surface area contributed by atoms with Gasteiger partial charge in [0.25, 0.3) is 0 Å². The molecule has 2 saturated heterocycles. The van der Waals surface area contributed by atoms with Crippen molar-refractivity contribution in [2.45, 2.75) is 38.9 Å². The van der Waals surface area contributed by atoms with Crippen LogP contribution in [0, 0.1) is 11.8 Å². The number of ether oxygens (including phenoxy) is 1. The number of morpholine rings is 1. The van der Waals surface area contributed by atoms with Gasteiger partial charge in [0, 0.05) is 44.7 Å². The quantitative estimate of drug-likeness (QED) is 0.772. The Labute approximate surface area is 175 Å². The van der Waals surface area contributed by atoms with E-state index in [1.165, 1.54) is 5.56 Å². The number of piperidine rings is 1. The number of amides is 1. The first-order valence-corrected chi connectivity index (χ1v) is 9.48. The van der Waals surface area contributed by atoms with E-state index in [0.717, 1.165) is 32.8 Å². The summed E-state index contributed by atoms with van der Waals surface area (Å²) in [4.78, 5) is 14.9. The van der Waals surface area contributed by atoms with E-state index in [1.807, 2.05) is 0 Å². The zero-order chi connectivity index (χ0) is 17.6. The van der Waals surface area contributed by atoms with Gasteiger partial charge in [-0.2, -0.15) is 0 Å². The minimum Gasteiger partial charge on any atom is -0.378 e. The molecule has 2 N–H and O–H groups in total. The van der Waals surface area contributed by atoms with E-state index in [-0.39, 0.29) is 42.8 Å². The van der Waals surface area contributed by atoms with Crippen LogP contribution in [0.3, 0.4) is 0 Å². The van der Waals surface area contributed by atoms with Gasteiger partial charge in [-0.3, -0.25) is 9.69 Å². The lowest BCUT2D eigenvalue weighted by Gasteiger charge is -2.42. The van der Waals surface area contributed by atoms with Gasteiger partial charge in [-0.25, -0.2) is 0 Å². The van der Waals surface area contributed by atoms with Crippen molar-refractivity contribution in [1.82, 2.24) is 15.5 Å². The number of nitrogens with zero attached hydrogens (tertiary/aromatic N) is 1. The summed E-state index contributed by atoms with van der Waals surface area (Å²) < 4.78 is 5.44. The Balaban J connectivity index is 0.00000182. The molecule has 2 aliphatic heterocycles. The molecule has 1 amide bonds. The minimum atomic E-state index is 0. The number of rotatable bonds is 5. The highest BCUT2D eigenvalue weighted by atomic mass is 35.5. The molecule has 3 rings (SSSR count). The summed E-state index contributed by atoms with van der Waals surface area (Å²) in [5, 5.41) is 6.64. The predicted octanol–water partition coefficient (Wildman–Crippen LogP) is 2.48. The van der Waals surface area contributed by atoms with E-state index in [9.17, 15) is 4.79 Å². The minimum absolute atomic E-state index is 0. The van der Waals surface area contributed by atoms with E-state index in [2.05, 4.69) is 59.7 Å². The highest BCUT2D eigenvalue weighted by Crippen LogP contribution is 2.23. The number of halogens is 2. The van der Waals surface area contributed by atoms with Crippen LogP contribution in [0.5, 0.6) is 0 Å². The molecule has 1 aromatic carbocycles.